The van der Waals surface area contributed by atoms with Gasteiger partial charge in [-0.3, -0.25) is 4.79 Å². The number of allylic oxidation sites excluding steroid dienone is 6. The number of rotatable bonds is 9. The van der Waals surface area contributed by atoms with E-state index in [9.17, 15) is 10.1 Å². The number of nitrogens with zero attached hydrogens (tertiary/aromatic N) is 1. The van der Waals surface area contributed by atoms with Crippen molar-refractivity contribution >= 4 is 5.78 Å². The molecule has 3 heteroatoms. The van der Waals surface area contributed by atoms with Crippen LogP contribution in [0.1, 0.15) is 77.5 Å². The van der Waals surface area contributed by atoms with Crippen LogP contribution in [0.2, 0.25) is 0 Å². The molecule has 0 bridgehead atoms. The fourth-order valence-electron chi connectivity index (χ4n) is 3.69. The summed E-state index contributed by atoms with van der Waals surface area (Å²) >= 11 is 0. The summed E-state index contributed by atoms with van der Waals surface area (Å²) in [6, 6.07) is 7.83. The van der Waals surface area contributed by atoms with Crippen molar-refractivity contribution in [2.75, 3.05) is 6.61 Å². The summed E-state index contributed by atoms with van der Waals surface area (Å²) < 4.78 is 6.00. The number of aryl methyl sites for hydroxylation is 1. The van der Waals surface area contributed by atoms with Crippen LogP contribution < -0.4 is 0 Å². The number of ether oxygens (including phenoxy) is 1. The predicted molar refractivity (Wildman–Crippen MR) is 125 cm³/mol. The molecule has 0 aliphatic heterocycles. The van der Waals surface area contributed by atoms with E-state index < -0.39 is 0 Å². The van der Waals surface area contributed by atoms with Gasteiger partial charge in [0.2, 0.25) is 0 Å². The smallest absolute Gasteiger partial charge is 0.156 e. The average molecular weight is 406 g/mol. The number of benzene rings is 1. The molecule has 0 amide bonds. The van der Waals surface area contributed by atoms with Crippen LogP contribution in [0.3, 0.4) is 0 Å². The minimum Gasteiger partial charge on any atom is -0.494 e. The van der Waals surface area contributed by atoms with Crippen molar-refractivity contribution in [3.63, 3.8) is 0 Å². The molecule has 160 valence electrons. The van der Waals surface area contributed by atoms with Crippen LogP contribution in [0.15, 0.2) is 64.5 Å². The zero-order chi connectivity index (χ0) is 23.0. The fraction of sp³-hybridized carbons (Fsp3) is 0.407. The molecule has 1 rings (SSSR count). The number of hydrogen-bond donors (Lipinski definition) is 0. The van der Waals surface area contributed by atoms with E-state index >= 15 is 0 Å². The van der Waals surface area contributed by atoms with E-state index in [2.05, 4.69) is 39.5 Å². The molecule has 0 aliphatic carbocycles. The van der Waals surface area contributed by atoms with Crippen LogP contribution in [0.4, 0.5) is 0 Å². The molecule has 30 heavy (non-hydrogen) atoms. The Balaban J connectivity index is 4.01. The van der Waals surface area contributed by atoms with Gasteiger partial charge in [-0.25, -0.2) is 0 Å². The molecule has 0 saturated heterocycles. The number of ketones is 1. The summed E-state index contributed by atoms with van der Waals surface area (Å²) in [6.07, 6.45) is 2.93. The van der Waals surface area contributed by atoms with E-state index in [1.807, 2.05) is 45.9 Å². The summed E-state index contributed by atoms with van der Waals surface area (Å²) in [7, 11) is 0. The van der Waals surface area contributed by atoms with Crippen molar-refractivity contribution in [3.8, 4) is 6.07 Å². The van der Waals surface area contributed by atoms with Gasteiger partial charge in [0.25, 0.3) is 0 Å². The van der Waals surface area contributed by atoms with E-state index in [1.165, 1.54) is 0 Å². The highest BCUT2D eigenvalue weighted by Gasteiger charge is 2.30. The molecule has 0 N–H and O–H groups in total. The lowest BCUT2D eigenvalue weighted by atomic mass is 9.76. The van der Waals surface area contributed by atoms with E-state index in [1.54, 1.807) is 6.92 Å². The minimum absolute atomic E-state index is 0.0236. The van der Waals surface area contributed by atoms with Gasteiger partial charge in [0.05, 0.1) is 18.2 Å². The van der Waals surface area contributed by atoms with Crippen LogP contribution in [0.25, 0.3) is 0 Å². The van der Waals surface area contributed by atoms with E-state index in [0.717, 1.165) is 45.4 Å². The second-order valence-corrected chi connectivity index (χ2v) is 7.87. The average Bonchev–Trinajstić information content (AvgIpc) is 2.70. The third-order valence-corrected chi connectivity index (χ3v) is 5.41. The van der Waals surface area contributed by atoms with Crippen LogP contribution in [-0.4, -0.2) is 12.4 Å². The summed E-state index contributed by atoms with van der Waals surface area (Å²) in [4.78, 5) is 12.8. The molecule has 0 aliphatic rings. The number of Topliss-reactive ketones (excluding diaryl/α,β-unsaturated/α-hetero) is 1. The van der Waals surface area contributed by atoms with E-state index in [0.29, 0.717) is 17.9 Å². The molecule has 0 radical (unpaired) electrons. The minimum atomic E-state index is -0.320. The highest BCUT2D eigenvalue weighted by molar-refractivity contribution is 5.96. The van der Waals surface area contributed by atoms with Crippen molar-refractivity contribution in [1.82, 2.24) is 0 Å². The molecule has 0 fully saturated rings. The number of hydrogen-bond acceptors (Lipinski definition) is 3. The van der Waals surface area contributed by atoms with Crippen molar-refractivity contribution < 1.29 is 9.53 Å². The Hall–Kier alpha value is -2.86. The predicted octanol–water partition coefficient (Wildman–Crippen LogP) is 7.10. The first-order valence-electron chi connectivity index (χ1n) is 10.5. The van der Waals surface area contributed by atoms with Gasteiger partial charge in [0, 0.05) is 17.1 Å². The molecule has 0 spiro atoms. The molecule has 0 heterocycles. The molecule has 3 nitrogen and oxygen atoms in total. The van der Waals surface area contributed by atoms with Crippen molar-refractivity contribution in [2.45, 2.75) is 67.7 Å². The normalized spacial score (nSPS) is 13.1. The Morgan fingerprint density at radius 3 is 2.27 bits per heavy atom. The van der Waals surface area contributed by atoms with Gasteiger partial charge in [-0.2, -0.15) is 5.26 Å². The molecular weight excluding hydrogens is 370 g/mol. The van der Waals surface area contributed by atoms with Gasteiger partial charge >= 0.3 is 0 Å². The first-order valence-corrected chi connectivity index (χ1v) is 10.5. The molecule has 0 saturated carbocycles. The van der Waals surface area contributed by atoms with Crippen LogP contribution >= 0.6 is 0 Å². The Labute approximate surface area is 182 Å². The second kappa shape index (κ2) is 11.4. The maximum atomic E-state index is 12.8. The highest BCUT2D eigenvalue weighted by atomic mass is 16.5. The molecule has 1 atom stereocenters. The SMILES string of the molecule is C=C(OCCC)/C(=C(C)\C(C)=C/C)C(C(C(C)=O)=C(C)C)c1ccc(C#N)cc1C. The quantitative estimate of drug-likeness (QED) is 0.250. The van der Waals surface area contributed by atoms with E-state index in [4.69, 9.17) is 4.74 Å². The Morgan fingerprint density at radius 2 is 1.83 bits per heavy atom. The Morgan fingerprint density at radius 1 is 1.20 bits per heavy atom. The standard InChI is InChI=1S/C27H35NO2/c1-10-14-30-22(9)26(20(7)18(5)11-2)27(25(17(3)4)21(8)29)24-13-12-23(16-28)15-19(24)6/h11-13,15,27H,9-10,14H2,1-8H3/b18-11-,26-20+. The van der Waals surface area contributed by atoms with Gasteiger partial charge in [0.15, 0.2) is 5.78 Å². The van der Waals surface area contributed by atoms with Crippen molar-refractivity contribution in [2.24, 2.45) is 0 Å². The molecule has 0 aromatic heterocycles. The monoisotopic (exact) mass is 405 g/mol. The lowest BCUT2D eigenvalue weighted by Gasteiger charge is -2.29. The summed E-state index contributed by atoms with van der Waals surface area (Å²) in [6.45, 7) is 20.5. The number of carbonyl (C=O) groups is 1. The van der Waals surface area contributed by atoms with Crippen molar-refractivity contribution in [3.05, 3.63) is 81.2 Å². The first kappa shape index (κ1) is 25.2. The third-order valence-electron chi connectivity index (χ3n) is 5.41. The number of carbonyl (C=O) groups excluding carboxylic acids is 1. The van der Waals surface area contributed by atoms with Gasteiger partial charge in [-0.05, 0) is 83.7 Å². The van der Waals surface area contributed by atoms with E-state index in [-0.39, 0.29) is 11.7 Å². The lowest BCUT2D eigenvalue weighted by molar-refractivity contribution is -0.113. The van der Waals surface area contributed by atoms with Crippen LogP contribution in [0, 0.1) is 18.3 Å². The van der Waals surface area contributed by atoms with Gasteiger partial charge in [-0.15, -0.1) is 0 Å². The summed E-state index contributed by atoms with van der Waals surface area (Å²) in [5, 5.41) is 9.30. The zero-order valence-electron chi connectivity index (χ0n) is 19.8. The topological polar surface area (TPSA) is 50.1 Å². The van der Waals surface area contributed by atoms with Gasteiger partial charge in [0.1, 0.15) is 5.76 Å². The zero-order valence-corrected chi connectivity index (χ0v) is 19.8. The summed E-state index contributed by atoms with van der Waals surface area (Å²) in [5.74, 6) is 0.291. The van der Waals surface area contributed by atoms with Gasteiger partial charge < -0.3 is 4.74 Å². The maximum Gasteiger partial charge on any atom is 0.156 e. The maximum absolute atomic E-state index is 12.8. The van der Waals surface area contributed by atoms with Gasteiger partial charge in [-0.1, -0.05) is 36.8 Å². The molecule has 1 aromatic carbocycles. The molecule has 1 unspecified atom stereocenters. The first-order chi connectivity index (χ1) is 14.1. The molecular formula is C27H35NO2. The van der Waals surface area contributed by atoms with Crippen molar-refractivity contribution in [1.29, 1.82) is 5.26 Å². The number of nitriles is 1. The molecule has 1 aromatic rings. The van der Waals surface area contributed by atoms with Crippen LogP contribution in [0.5, 0.6) is 0 Å². The fourth-order valence-corrected chi connectivity index (χ4v) is 3.69. The highest BCUT2D eigenvalue weighted by Crippen LogP contribution is 2.42. The van der Waals surface area contributed by atoms with Crippen LogP contribution in [-0.2, 0) is 9.53 Å². The third kappa shape index (κ3) is 5.83. The lowest BCUT2D eigenvalue weighted by Crippen LogP contribution is -2.18. The summed E-state index contributed by atoms with van der Waals surface area (Å²) in [5.41, 5.74) is 7.32. The largest absolute Gasteiger partial charge is 0.494 e. The Kier molecular flexibility index (Phi) is 9.53. The Bertz CT molecular complexity index is 948. The second-order valence-electron chi connectivity index (χ2n) is 7.87.